The van der Waals surface area contributed by atoms with Crippen molar-refractivity contribution in [3.63, 3.8) is 0 Å². The third-order valence-corrected chi connectivity index (χ3v) is 3.44. The lowest BCUT2D eigenvalue weighted by Crippen LogP contribution is -2.54. The smallest absolute Gasteiger partial charge is 0.242 e. The molecule has 2 atom stereocenters. The summed E-state index contributed by atoms with van der Waals surface area (Å²) in [5.41, 5.74) is 0. The van der Waals surface area contributed by atoms with E-state index in [4.69, 9.17) is 0 Å². The molecule has 0 spiro atoms. The summed E-state index contributed by atoms with van der Waals surface area (Å²) in [6.07, 6.45) is 2.27. The van der Waals surface area contributed by atoms with Gasteiger partial charge in [-0.15, -0.1) is 0 Å². The van der Waals surface area contributed by atoms with E-state index in [9.17, 15) is 14.4 Å². The molecule has 1 rings (SSSR count). The van der Waals surface area contributed by atoms with Crippen LogP contribution in [0.3, 0.4) is 0 Å². The highest BCUT2D eigenvalue weighted by molar-refractivity contribution is 5.90. The number of rotatable bonds is 6. The van der Waals surface area contributed by atoms with Crippen LogP contribution in [0, 0.1) is 5.92 Å². The van der Waals surface area contributed by atoms with Crippen molar-refractivity contribution in [2.24, 2.45) is 5.92 Å². The molecule has 0 aromatic heterocycles. The number of carbonyl (C=O) groups is 3. The molecule has 1 aliphatic rings. The monoisotopic (exact) mass is 269 g/mol. The Bertz CT molecular complexity index is 344. The van der Waals surface area contributed by atoms with Crippen molar-refractivity contribution in [3.8, 4) is 0 Å². The summed E-state index contributed by atoms with van der Waals surface area (Å²) in [6.45, 7) is 4.59. The van der Waals surface area contributed by atoms with Crippen molar-refractivity contribution in [3.05, 3.63) is 0 Å². The van der Waals surface area contributed by atoms with Gasteiger partial charge in [-0.2, -0.15) is 0 Å². The van der Waals surface area contributed by atoms with Crippen molar-refractivity contribution in [2.45, 2.75) is 38.8 Å². The SMILES string of the molecule is CNC(=O)C1CCCN1C(=O)C(NCC=O)C(C)C. The molecule has 1 heterocycles. The minimum atomic E-state index is -0.421. The van der Waals surface area contributed by atoms with Crippen molar-refractivity contribution in [1.82, 2.24) is 15.5 Å². The maximum absolute atomic E-state index is 12.5. The van der Waals surface area contributed by atoms with Crippen molar-refractivity contribution in [2.75, 3.05) is 20.1 Å². The Balaban J connectivity index is 2.77. The predicted molar refractivity (Wildman–Crippen MR) is 71.5 cm³/mol. The molecule has 0 bridgehead atoms. The number of aldehydes is 1. The van der Waals surface area contributed by atoms with Crippen LogP contribution in [-0.4, -0.2) is 55.2 Å². The second-order valence-electron chi connectivity index (χ2n) is 5.10. The van der Waals surface area contributed by atoms with Crippen LogP contribution in [0.25, 0.3) is 0 Å². The zero-order chi connectivity index (χ0) is 14.4. The second-order valence-corrected chi connectivity index (χ2v) is 5.10. The Hall–Kier alpha value is -1.43. The van der Waals surface area contributed by atoms with Gasteiger partial charge in [0.2, 0.25) is 11.8 Å². The third-order valence-electron chi connectivity index (χ3n) is 3.44. The first-order valence-electron chi connectivity index (χ1n) is 6.72. The average molecular weight is 269 g/mol. The zero-order valence-corrected chi connectivity index (χ0v) is 11.8. The second kappa shape index (κ2) is 7.23. The number of likely N-dealkylation sites (tertiary alicyclic amines) is 1. The first kappa shape index (κ1) is 15.6. The standard InChI is InChI=1S/C13H23N3O3/c1-9(2)11(15-6-8-17)13(19)16-7-4-5-10(16)12(18)14-3/h8-11,15H,4-7H2,1-3H3,(H,14,18). The lowest BCUT2D eigenvalue weighted by molar-refractivity contribution is -0.140. The first-order chi connectivity index (χ1) is 9.02. The lowest BCUT2D eigenvalue weighted by Gasteiger charge is -2.30. The molecule has 0 saturated carbocycles. The summed E-state index contributed by atoms with van der Waals surface area (Å²) in [5.74, 6) is -0.148. The van der Waals surface area contributed by atoms with Crippen molar-refractivity contribution in [1.29, 1.82) is 0 Å². The lowest BCUT2D eigenvalue weighted by atomic mass is 10.0. The van der Waals surface area contributed by atoms with Crippen LogP contribution in [0.4, 0.5) is 0 Å². The summed E-state index contributed by atoms with van der Waals surface area (Å²) in [7, 11) is 1.58. The molecule has 0 aromatic rings. The van der Waals surface area contributed by atoms with Crippen molar-refractivity contribution < 1.29 is 14.4 Å². The topological polar surface area (TPSA) is 78.5 Å². The molecule has 108 valence electrons. The van der Waals surface area contributed by atoms with Crippen LogP contribution < -0.4 is 10.6 Å². The molecule has 2 amide bonds. The van der Waals surface area contributed by atoms with Gasteiger partial charge >= 0.3 is 0 Å². The number of nitrogens with one attached hydrogen (secondary N) is 2. The molecule has 2 unspecified atom stereocenters. The van der Waals surface area contributed by atoms with E-state index in [1.807, 2.05) is 13.8 Å². The van der Waals surface area contributed by atoms with Gasteiger partial charge in [-0.3, -0.25) is 14.9 Å². The summed E-state index contributed by atoms with van der Waals surface area (Å²) < 4.78 is 0. The number of amides is 2. The zero-order valence-electron chi connectivity index (χ0n) is 11.8. The maximum atomic E-state index is 12.5. The minimum absolute atomic E-state index is 0.0680. The van der Waals surface area contributed by atoms with E-state index >= 15 is 0 Å². The van der Waals surface area contributed by atoms with Crippen LogP contribution in [0.1, 0.15) is 26.7 Å². The summed E-state index contributed by atoms with van der Waals surface area (Å²) >= 11 is 0. The van der Waals surface area contributed by atoms with E-state index < -0.39 is 6.04 Å². The highest BCUT2D eigenvalue weighted by atomic mass is 16.2. The average Bonchev–Trinajstić information content (AvgIpc) is 2.86. The van der Waals surface area contributed by atoms with Crippen molar-refractivity contribution >= 4 is 18.1 Å². The van der Waals surface area contributed by atoms with Gasteiger partial charge in [0.15, 0.2) is 0 Å². The molecular weight excluding hydrogens is 246 g/mol. The number of nitrogens with zero attached hydrogens (tertiary/aromatic N) is 1. The highest BCUT2D eigenvalue weighted by Gasteiger charge is 2.37. The van der Waals surface area contributed by atoms with Crippen LogP contribution in [0.5, 0.6) is 0 Å². The van der Waals surface area contributed by atoms with E-state index in [-0.39, 0.29) is 30.3 Å². The largest absolute Gasteiger partial charge is 0.357 e. The number of hydrogen-bond donors (Lipinski definition) is 2. The fourth-order valence-corrected chi connectivity index (χ4v) is 2.43. The Labute approximate surface area is 113 Å². The van der Waals surface area contributed by atoms with E-state index in [0.29, 0.717) is 13.0 Å². The van der Waals surface area contributed by atoms with Crippen LogP contribution in [0.2, 0.25) is 0 Å². The third kappa shape index (κ3) is 3.76. The van der Waals surface area contributed by atoms with Gasteiger partial charge in [0.25, 0.3) is 0 Å². The highest BCUT2D eigenvalue weighted by Crippen LogP contribution is 2.20. The molecule has 6 nitrogen and oxygen atoms in total. The van der Waals surface area contributed by atoms with E-state index in [0.717, 1.165) is 12.7 Å². The molecule has 1 aliphatic heterocycles. The first-order valence-corrected chi connectivity index (χ1v) is 6.72. The maximum Gasteiger partial charge on any atom is 0.242 e. The van der Waals surface area contributed by atoms with Crippen LogP contribution >= 0.6 is 0 Å². The summed E-state index contributed by atoms with van der Waals surface area (Å²) in [5, 5.41) is 5.53. The number of hydrogen-bond acceptors (Lipinski definition) is 4. The van der Waals surface area contributed by atoms with Gasteiger partial charge in [0, 0.05) is 13.6 Å². The molecule has 0 aromatic carbocycles. The Morgan fingerprint density at radius 1 is 1.42 bits per heavy atom. The van der Waals surface area contributed by atoms with Crippen LogP contribution in [0.15, 0.2) is 0 Å². The quantitative estimate of drug-likeness (QED) is 0.639. The molecular formula is C13H23N3O3. The van der Waals surface area contributed by atoms with E-state index in [1.54, 1.807) is 11.9 Å². The Morgan fingerprint density at radius 3 is 2.63 bits per heavy atom. The van der Waals surface area contributed by atoms with Gasteiger partial charge in [0.05, 0.1) is 12.6 Å². The van der Waals surface area contributed by atoms with Gasteiger partial charge < -0.3 is 15.0 Å². The molecule has 1 fully saturated rings. The molecule has 1 saturated heterocycles. The van der Waals surface area contributed by atoms with Gasteiger partial charge in [-0.05, 0) is 18.8 Å². The Morgan fingerprint density at radius 2 is 2.11 bits per heavy atom. The van der Waals surface area contributed by atoms with Crippen LogP contribution in [-0.2, 0) is 14.4 Å². The number of carbonyl (C=O) groups excluding carboxylic acids is 3. The molecule has 2 N–H and O–H groups in total. The molecule has 6 heteroatoms. The molecule has 0 radical (unpaired) electrons. The normalized spacial score (nSPS) is 20.4. The fraction of sp³-hybridized carbons (Fsp3) is 0.769. The van der Waals surface area contributed by atoms with Gasteiger partial charge in [0.1, 0.15) is 12.3 Å². The molecule has 19 heavy (non-hydrogen) atoms. The summed E-state index contributed by atoms with van der Waals surface area (Å²) in [4.78, 5) is 36.3. The molecule has 0 aliphatic carbocycles. The summed E-state index contributed by atoms with van der Waals surface area (Å²) in [6, 6.07) is -0.799. The van der Waals surface area contributed by atoms with E-state index in [2.05, 4.69) is 10.6 Å². The predicted octanol–water partition coefficient (Wildman–Crippen LogP) is -0.463. The minimum Gasteiger partial charge on any atom is -0.357 e. The fourth-order valence-electron chi connectivity index (χ4n) is 2.43. The van der Waals surface area contributed by atoms with E-state index in [1.165, 1.54) is 0 Å². The number of likely N-dealkylation sites (N-methyl/N-ethyl adjacent to an activating group) is 1. The Kier molecular flexibility index (Phi) is 5.95. The van der Waals surface area contributed by atoms with Gasteiger partial charge in [-0.25, -0.2) is 0 Å². The van der Waals surface area contributed by atoms with Gasteiger partial charge in [-0.1, -0.05) is 13.8 Å².